The van der Waals surface area contributed by atoms with Gasteiger partial charge in [0.2, 0.25) is 0 Å². The molecule has 0 unspecified atom stereocenters. The first-order chi connectivity index (χ1) is 11.5. The van der Waals surface area contributed by atoms with Gasteiger partial charge in [0.15, 0.2) is 9.84 Å². The molecule has 1 saturated heterocycles. The van der Waals surface area contributed by atoms with Gasteiger partial charge in [0.25, 0.3) is 0 Å². The topological polar surface area (TPSA) is 94.5 Å². The lowest BCUT2D eigenvalue weighted by molar-refractivity contribution is -0.0485. The average molecular weight is 369 g/mol. The Morgan fingerprint density at radius 1 is 1.00 bits per heavy atom. The first kappa shape index (κ1) is 21.8. The van der Waals surface area contributed by atoms with E-state index in [1.807, 2.05) is 11.8 Å². The first-order valence-electron chi connectivity index (χ1n) is 8.31. The van der Waals surface area contributed by atoms with E-state index in [2.05, 4.69) is 0 Å². The van der Waals surface area contributed by atoms with E-state index in [-0.39, 0.29) is 30.3 Å². The quantitative estimate of drug-likeness (QED) is 0.420. The number of aliphatic hydroxyl groups excluding tert-OH is 1. The van der Waals surface area contributed by atoms with Crippen LogP contribution in [0.2, 0.25) is 0 Å². The SMILES string of the molecule is COCCOCCOCCO[C@H](C)[C@@H](CO)N1CCS(=O)(=O)CC1. The van der Waals surface area contributed by atoms with Crippen LogP contribution in [0.15, 0.2) is 0 Å². The molecule has 8 nitrogen and oxygen atoms in total. The van der Waals surface area contributed by atoms with Gasteiger partial charge in [-0.15, -0.1) is 0 Å². The van der Waals surface area contributed by atoms with Gasteiger partial charge < -0.3 is 24.1 Å². The molecule has 1 rings (SSSR count). The Bertz CT molecular complexity index is 404. The first-order valence-corrected chi connectivity index (χ1v) is 10.1. The average Bonchev–Trinajstić information content (AvgIpc) is 2.55. The number of hydrogen-bond acceptors (Lipinski definition) is 8. The molecule has 0 aromatic heterocycles. The van der Waals surface area contributed by atoms with E-state index in [1.54, 1.807) is 7.11 Å². The van der Waals surface area contributed by atoms with Gasteiger partial charge in [0, 0.05) is 20.2 Å². The fraction of sp³-hybridized carbons (Fsp3) is 1.00. The van der Waals surface area contributed by atoms with Crippen molar-refractivity contribution >= 4 is 9.84 Å². The molecule has 144 valence electrons. The van der Waals surface area contributed by atoms with Gasteiger partial charge in [-0.1, -0.05) is 0 Å². The van der Waals surface area contributed by atoms with Crippen molar-refractivity contribution in [2.45, 2.75) is 19.1 Å². The summed E-state index contributed by atoms with van der Waals surface area (Å²) in [5.74, 6) is 0.283. The van der Waals surface area contributed by atoms with Crippen LogP contribution in [0.5, 0.6) is 0 Å². The molecule has 0 saturated carbocycles. The number of ether oxygens (including phenoxy) is 4. The van der Waals surface area contributed by atoms with Crippen LogP contribution in [0.4, 0.5) is 0 Å². The molecule has 0 aromatic rings. The second-order valence-corrected chi connectivity index (χ2v) is 8.03. The molecule has 0 radical (unpaired) electrons. The highest BCUT2D eigenvalue weighted by Gasteiger charge is 2.30. The molecule has 0 bridgehead atoms. The van der Waals surface area contributed by atoms with Crippen molar-refractivity contribution < 1.29 is 32.5 Å². The molecule has 1 heterocycles. The lowest BCUT2D eigenvalue weighted by Gasteiger charge is -2.36. The third kappa shape index (κ3) is 8.70. The monoisotopic (exact) mass is 369 g/mol. The second-order valence-electron chi connectivity index (χ2n) is 5.73. The Balaban J connectivity index is 2.13. The Morgan fingerprint density at radius 3 is 2.08 bits per heavy atom. The maximum absolute atomic E-state index is 11.5. The maximum atomic E-state index is 11.5. The molecule has 24 heavy (non-hydrogen) atoms. The maximum Gasteiger partial charge on any atom is 0.152 e. The van der Waals surface area contributed by atoms with E-state index in [4.69, 9.17) is 18.9 Å². The Kier molecular flexibility index (Phi) is 11.0. The molecular weight excluding hydrogens is 338 g/mol. The highest BCUT2D eigenvalue weighted by Crippen LogP contribution is 2.13. The molecule has 0 aromatic carbocycles. The Hall–Kier alpha value is -0.290. The minimum absolute atomic E-state index is 0.0601. The zero-order chi connectivity index (χ0) is 17.8. The normalized spacial score (nSPS) is 20.8. The van der Waals surface area contributed by atoms with Crippen molar-refractivity contribution in [2.75, 3.05) is 78.0 Å². The fourth-order valence-corrected chi connectivity index (χ4v) is 3.72. The van der Waals surface area contributed by atoms with Crippen LogP contribution in [-0.2, 0) is 28.8 Å². The predicted molar refractivity (Wildman–Crippen MR) is 90.0 cm³/mol. The van der Waals surface area contributed by atoms with Gasteiger partial charge in [-0.2, -0.15) is 0 Å². The summed E-state index contributed by atoms with van der Waals surface area (Å²) in [6.07, 6.45) is -0.197. The number of rotatable bonds is 13. The molecule has 1 fully saturated rings. The smallest absolute Gasteiger partial charge is 0.152 e. The number of nitrogens with zero attached hydrogens (tertiary/aromatic N) is 1. The summed E-state index contributed by atoms with van der Waals surface area (Å²) >= 11 is 0. The minimum atomic E-state index is -2.92. The number of aliphatic hydroxyl groups is 1. The predicted octanol–water partition coefficient (Wildman–Crippen LogP) is -0.838. The van der Waals surface area contributed by atoms with E-state index in [0.717, 1.165) is 0 Å². The van der Waals surface area contributed by atoms with Crippen LogP contribution in [0, 0.1) is 0 Å². The summed E-state index contributed by atoms with van der Waals surface area (Å²) in [5.41, 5.74) is 0. The Morgan fingerprint density at radius 2 is 1.54 bits per heavy atom. The van der Waals surface area contributed by atoms with E-state index >= 15 is 0 Å². The van der Waals surface area contributed by atoms with Crippen molar-refractivity contribution in [1.82, 2.24) is 4.90 Å². The van der Waals surface area contributed by atoms with Gasteiger partial charge >= 0.3 is 0 Å². The third-order valence-corrected chi connectivity index (χ3v) is 5.60. The van der Waals surface area contributed by atoms with Gasteiger partial charge in [-0.3, -0.25) is 4.90 Å². The van der Waals surface area contributed by atoms with Crippen LogP contribution in [0.1, 0.15) is 6.92 Å². The van der Waals surface area contributed by atoms with Gasteiger partial charge in [0.1, 0.15) is 0 Å². The van der Waals surface area contributed by atoms with E-state index < -0.39 is 9.84 Å². The van der Waals surface area contributed by atoms with E-state index in [0.29, 0.717) is 52.7 Å². The number of hydrogen-bond donors (Lipinski definition) is 1. The summed E-state index contributed by atoms with van der Waals surface area (Å²) < 4.78 is 44.2. The molecule has 1 aliphatic heterocycles. The summed E-state index contributed by atoms with van der Waals surface area (Å²) in [5, 5.41) is 9.59. The molecule has 0 aliphatic carbocycles. The molecule has 2 atom stereocenters. The highest BCUT2D eigenvalue weighted by molar-refractivity contribution is 7.91. The third-order valence-electron chi connectivity index (χ3n) is 3.99. The van der Waals surface area contributed by atoms with Gasteiger partial charge in [-0.25, -0.2) is 8.42 Å². The molecule has 0 spiro atoms. The van der Waals surface area contributed by atoms with E-state index in [9.17, 15) is 13.5 Å². The summed E-state index contributed by atoms with van der Waals surface area (Å²) in [7, 11) is -1.30. The lowest BCUT2D eigenvalue weighted by Crippen LogP contribution is -2.52. The van der Waals surface area contributed by atoms with Crippen molar-refractivity contribution in [3.05, 3.63) is 0 Å². The molecule has 0 amide bonds. The lowest BCUT2D eigenvalue weighted by atomic mass is 10.1. The second kappa shape index (κ2) is 12.1. The molecule has 1 aliphatic rings. The zero-order valence-corrected chi connectivity index (χ0v) is 15.5. The number of sulfone groups is 1. The van der Waals surface area contributed by atoms with Crippen LogP contribution in [-0.4, -0.2) is 109 Å². The van der Waals surface area contributed by atoms with Crippen molar-refractivity contribution in [3.8, 4) is 0 Å². The van der Waals surface area contributed by atoms with Gasteiger partial charge in [0.05, 0.1) is 69.9 Å². The standard InChI is InChI=1S/C15H31NO7S/c1-14(23-10-9-22-8-7-21-6-5-20-2)15(13-17)16-3-11-24(18,19)12-4-16/h14-15,17H,3-13H2,1-2H3/t14-,15-/m1/s1. The van der Waals surface area contributed by atoms with Crippen LogP contribution >= 0.6 is 0 Å². The molecule has 9 heteroatoms. The van der Waals surface area contributed by atoms with Crippen molar-refractivity contribution in [2.24, 2.45) is 0 Å². The van der Waals surface area contributed by atoms with Gasteiger partial charge in [-0.05, 0) is 6.92 Å². The fourth-order valence-electron chi connectivity index (χ4n) is 2.49. The largest absolute Gasteiger partial charge is 0.395 e. The number of methoxy groups -OCH3 is 1. The zero-order valence-electron chi connectivity index (χ0n) is 14.7. The summed E-state index contributed by atoms with van der Waals surface area (Å²) in [6, 6.07) is -0.196. The van der Waals surface area contributed by atoms with Crippen LogP contribution in [0.3, 0.4) is 0 Å². The van der Waals surface area contributed by atoms with E-state index in [1.165, 1.54) is 0 Å². The highest BCUT2D eigenvalue weighted by atomic mass is 32.2. The molecular formula is C15H31NO7S. The van der Waals surface area contributed by atoms with Crippen molar-refractivity contribution in [3.63, 3.8) is 0 Å². The summed E-state index contributed by atoms with van der Waals surface area (Å²) in [6.45, 7) is 5.71. The molecule has 1 N–H and O–H groups in total. The van der Waals surface area contributed by atoms with Crippen LogP contribution in [0.25, 0.3) is 0 Å². The minimum Gasteiger partial charge on any atom is -0.395 e. The Labute approximate surface area is 144 Å². The van der Waals surface area contributed by atoms with Crippen LogP contribution < -0.4 is 0 Å². The van der Waals surface area contributed by atoms with Crippen molar-refractivity contribution in [1.29, 1.82) is 0 Å². The summed E-state index contributed by atoms with van der Waals surface area (Å²) in [4.78, 5) is 1.98.